The van der Waals surface area contributed by atoms with Crippen molar-refractivity contribution in [3.05, 3.63) is 81.0 Å². The third-order valence-electron chi connectivity index (χ3n) is 6.02. The number of hydrogen-bond acceptors (Lipinski definition) is 5. The molecule has 1 aliphatic carbocycles. The van der Waals surface area contributed by atoms with Gasteiger partial charge in [-0.15, -0.1) is 0 Å². The topological polar surface area (TPSA) is 106 Å². The summed E-state index contributed by atoms with van der Waals surface area (Å²) in [6.45, 7) is 0.344. The molecule has 1 aliphatic rings. The minimum absolute atomic E-state index is 0.0113. The van der Waals surface area contributed by atoms with Gasteiger partial charge in [-0.25, -0.2) is 14.6 Å². The summed E-state index contributed by atoms with van der Waals surface area (Å²) in [6, 6.07) is 16.3. The molecule has 4 rings (SSSR count). The van der Waals surface area contributed by atoms with Crippen LogP contribution in [-0.2, 0) is 16.9 Å². The van der Waals surface area contributed by atoms with Crippen LogP contribution in [0.5, 0.6) is 5.75 Å². The van der Waals surface area contributed by atoms with Gasteiger partial charge in [0.05, 0.1) is 7.11 Å². The quantitative estimate of drug-likeness (QED) is 0.620. The Hall–Kier alpha value is -3.68. The Bertz CT molecular complexity index is 1190. The zero-order valence-electron chi connectivity index (χ0n) is 18.0. The van der Waals surface area contributed by atoms with Crippen molar-refractivity contribution >= 4 is 5.91 Å². The molecule has 32 heavy (non-hydrogen) atoms. The third kappa shape index (κ3) is 4.21. The average Bonchev–Trinajstić information content (AvgIpc) is 2.85. The van der Waals surface area contributed by atoms with Gasteiger partial charge in [-0.2, -0.15) is 4.98 Å². The highest BCUT2D eigenvalue weighted by Gasteiger charge is 2.43. The number of carbonyl (C=O) groups is 1. The van der Waals surface area contributed by atoms with Gasteiger partial charge in [-0.1, -0.05) is 49.6 Å². The summed E-state index contributed by atoms with van der Waals surface area (Å²) in [7, 11) is 1.55. The number of carbonyl (C=O) groups excluding carboxylic acids is 1. The molecule has 0 bridgehead atoms. The molecule has 3 aromatic rings. The number of ether oxygens (including phenoxy) is 1. The lowest BCUT2D eigenvalue weighted by atomic mass is 9.80. The first-order chi connectivity index (χ1) is 15.5. The van der Waals surface area contributed by atoms with Gasteiger partial charge >= 0.3 is 5.69 Å². The lowest BCUT2D eigenvalue weighted by Gasteiger charge is -2.36. The van der Waals surface area contributed by atoms with E-state index in [1.54, 1.807) is 31.4 Å². The van der Waals surface area contributed by atoms with Crippen molar-refractivity contribution in [1.29, 1.82) is 0 Å². The molecule has 0 aliphatic heterocycles. The monoisotopic (exact) mass is 434 g/mol. The number of nitrogens with zero attached hydrogens (tertiary/aromatic N) is 2. The standard InChI is InChI=1S/C24H26N4O4/c1-32-19-12-10-18(11-13-19)20-21(29)28(27-23(31)26-20)24(14-6-3-7-15-24)22(30)25-16-17-8-4-2-5-9-17/h2,4-5,8-13H,3,6-7,14-16H2,1H3,(H,25,30)(H,27,31). The van der Waals surface area contributed by atoms with E-state index in [-0.39, 0.29) is 11.6 Å². The Morgan fingerprint density at radius 1 is 1.06 bits per heavy atom. The molecular formula is C24H26N4O4. The second-order valence-corrected chi connectivity index (χ2v) is 8.01. The molecule has 1 fully saturated rings. The predicted octanol–water partition coefficient (Wildman–Crippen LogP) is 2.58. The Balaban J connectivity index is 1.74. The lowest BCUT2D eigenvalue weighted by molar-refractivity contribution is -0.132. The maximum atomic E-state index is 13.5. The van der Waals surface area contributed by atoms with E-state index in [0.29, 0.717) is 30.7 Å². The summed E-state index contributed by atoms with van der Waals surface area (Å²) in [5.41, 5.74) is -0.861. The largest absolute Gasteiger partial charge is 0.497 e. The van der Waals surface area contributed by atoms with E-state index >= 15 is 0 Å². The molecule has 1 amide bonds. The Morgan fingerprint density at radius 2 is 1.75 bits per heavy atom. The van der Waals surface area contributed by atoms with E-state index in [1.165, 1.54) is 4.68 Å². The second kappa shape index (κ2) is 9.21. The molecular weight excluding hydrogens is 408 g/mol. The predicted molar refractivity (Wildman–Crippen MR) is 120 cm³/mol. The maximum Gasteiger partial charge on any atom is 0.360 e. The van der Waals surface area contributed by atoms with Crippen LogP contribution in [0.25, 0.3) is 11.3 Å². The lowest BCUT2D eigenvalue weighted by Crippen LogP contribution is -2.56. The number of aromatic amines is 1. The summed E-state index contributed by atoms with van der Waals surface area (Å²) in [4.78, 5) is 43.3. The average molecular weight is 434 g/mol. The van der Waals surface area contributed by atoms with Gasteiger partial charge in [0.15, 0.2) is 0 Å². The number of hydrogen-bond donors (Lipinski definition) is 2. The fourth-order valence-electron chi connectivity index (χ4n) is 4.30. The van der Waals surface area contributed by atoms with E-state index in [2.05, 4.69) is 15.4 Å². The molecule has 0 radical (unpaired) electrons. The van der Waals surface area contributed by atoms with Crippen LogP contribution in [0.4, 0.5) is 0 Å². The number of nitrogens with one attached hydrogen (secondary N) is 2. The van der Waals surface area contributed by atoms with Crippen molar-refractivity contribution in [2.75, 3.05) is 7.11 Å². The van der Waals surface area contributed by atoms with Crippen LogP contribution in [0.15, 0.2) is 64.2 Å². The molecule has 1 saturated carbocycles. The molecule has 0 saturated heterocycles. The molecule has 0 unspecified atom stereocenters. The molecule has 1 heterocycles. The molecule has 0 spiro atoms. The molecule has 8 nitrogen and oxygen atoms in total. The van der Waals surface area contributed by atoms with Gasteiger partial charge in [0.25, 0.3) is 5.56 Å². The number of methoxy groups -OCH3 is 1. The summed E-state index contributed by atoms with van der Waals surface area (Å²) >= 11 is 0. The van der Waals surface area contributed by atoms with Crippen LogP contribution in [0, 0.1) is 0 Å². The van der Waals surface area contributed by atoms with Crippen LogP contribution in [0.3, 0.4) is 0 Å². The second-order valence-electron chi connectivity index (χ2n) is 8.01. The fraction of sp³-hybridized carbons (Fsp3) is 0.333. The Morgan fingerprint density at radius 3 is 2.41 bits per heavy atom. The Labute approximate surface area is 185 Å². The van der Waals surface area contributed by atoms with Crippen molar-refractivity contribution in [3.8, 4) is 17.0 Å². The number of rotatable bonds is 6. The number of amides is 1. The highest BCUT2D eigenvalue weighted by atomic mass is 16.5. The van der Waals surface area contributed by atoms with Crippen molar-refractivity contribution in [1.82, 2.24) is 20.1 Å². The Kier molecular flexibility index (Phi) is 6.20. The van der Waals surface area contributed by atoms with Gasteiger partial charge in [-0.05, 0) is 42.7 Å². The van der Waals surface area contributed by atoms with Crippen molar-refractivity contribution < 1.29 is 9.53 Å². The summed E-state index contributed by atoms with van der Waals surface area (Å²) < 4.78 is 6.37. The first-order valence-electron chi connectivity index (χ1n) is 10.7. The summed E-state index contributed by atoms with van der Waals surface area (Å²) in [5, 5.41) is 5.52. The third-order valence-corrected chi connectivity index (χ3v) is 6.02. The van der Waals surface area contributed by atoms with Crippen LogP contribution in [-0.4, -0.2) is 27.8 Å². The van der Waals surface area contributed by atoms with Gasteiger partial charge in [0.1, 0.15) is 17.0 Å². The van der Waals surface area contributed by atoms with Gasteiger partial charge in [-0.3, -0.25) is 9.59 Å². The van der Waals surface area contributed by atoms with E-state index in [4.69, 9.17) is 4.74 Å². The van der Waals surface area contributed by atoms with Crippen LogP contribution >= 0.6 is 0 Å². The molecule has 2 aromatic carbocycles. The summed E-state index contributed by atoms with van der Waals surface area (Å²) in [5.74, 6) is 0.355. The molecule has 8 heteroatoms. The van der Waals surface area contributed by atoms with E-state index in [0.717, 1.165) is 24.8 Å². The van der Waals surface area contributed by atoms with Crippen molar-refractivity contribution in [2.24, 2.45) is 0 Å². The fourth-order valence-corrected chi connectivity index (χ4v) is 4.30. The molecule has 1 aromatic heterocycles. The maximum absolute atomic E-state index is 13.5. The van der Waals surface area contributed by atoms with E-state index < -0.39 is 16.8 Å². The summed E-state index contributed by atoms with van der Waals surface area (Å²) in [6.07, 6.45) is 3.48. The van der Waals surface area contributed by atoms with Crippen LogP contribution in [0.2, 0.25) is 0 Å². The smallest absolute Gasteiger partial charge is 0.360 e. The minimum atomic E-state index is -1.16. The number of aromatic nitrogens is 3. The van der Waals surface area contributed by atoms with Gasteiger partial charge in [0, 0.05) is 12.1 Å². The van der Waals surface area contributed by atoms with Crippen LogP contribution < -0.4 is 21.3 Å². The SMILES string of the molecule is COc1ccc(-c2nc(=O)[nH]n(C3(C(=O)NCc4ccccc4)CCCCC3)c2=O)cc1. The number of H-pyrrole nitrogens is 1. The van der Waals surface area contributed by atoms with Crippen molar-refractivity contribution in [3.63, 3.8) is 0 Å². The highest BCUT2D eigenvalue weighted by molar-refractivity contribution is 5.84. The number of benzene rings is 2. The van der Waals surface area contributed by atoms with Crippen molar-refractivity contribution in [2.45, 2.75) is 44.2 Å². The zero-order valence-corrected chi connectivity index (χ0v) is 18.0. The minimum Gasteiger partial charge on any atom is -0.497 e. The van der Waals surface area contributed by atoms with E-state index in [1.807, 2.05) is 30.3 Å². The molecule has 2 N–H and O–H groups in total. The molecule has 0 atom stereocenters. The zero-order chi connectivity index (χ0) is 22.6. The first-order valence-corrected chi connectivity index (χ1v) is 10.7. The first kappa shape index (κ1) is 21.5. The van der Waals surface area contributed by atoms with Gasteiger partial charge < -0.3 is 10.1 Å². The van der Waals surface area contributed by atoms with E-state index in [9.17, 15) is 14.4 Å². The van der Waals surface area contributed by atoms with Gasteiger partial charge in [0.2, 0.25) is 5.91 Å². The van der Waals surface area contributed by atoms with Crippen LogP contribution in [0.1, 0.15) is 37.7 Å². The highest BCUT2D eigenvalue weighted by Crippen LogP contribution is 2.34. The normalized spacial score (nSPS) is 15.2. The molecule has 166 valence electrons.